The molecule has 1 saturated carbocycles. The molecule has 0 bridgehead atoms. The summed E-state index contributed by atoms with van der Waals surface area (Å²) in [7, 11) is 0. The molecule has 1 atom stereocenters. The summed E-state index contributed by atoms with van der Waals surface area (Å²) in [4.78, 5) is 4.36. The third kappa shape index (κ3) is 8.21. The van der Waals surface area contributed by atoms with E-state index in [1.165, 1.54) is 38.5 Å². The van der Waals surface area contributed by atoms with E-state index in [0.717, 1.165) is 39.2 Å². The number of nitrogens with zero attached hydrogens (tertiary/aromatic N) is 1. The van der Waals surface area contributed by atoms with Crippen LogP contribution in [0.5, 0.6) is 0 Å². The maximum absolute atomic E-state index is 5.90. The second-order valence-electron chi connectivity index (χ2n) is 5.81. The zero-order valence-corrected chi connectivity index (χ0v) is 15.2. The van der Waals surface area contributed by atoms with Crippen molar-refractivity contribution in [3.05, 3.63) is 0 Å². The van der Waals surface area contributed by atoms with Gasteiger partial charge in [-0.15, -0.1) is 24.0 Å². The third-order valence-electron chi connectivity index (χ3n) is 4.01. The zero-order chi connectivity index (χ0) is 14.0. The standard InChI is InChI=1S/C15H29N3O2.HI/c16-15(18-13-6-2-1-3-7-13)17-9-5-10-19-12-14-8-4-11-20-14;/h13-14H,1-12H2,(H3,16,17,18);1H. The smallest absolute Gasteiger partial charge is 0.188 e. The summed E-state index contributed by atoms with van der Waals surface area (Å²) in [5, 5.41) is 3.32. The van der Waals surface area contributed by atoms with Gasteiger partial charge in [0.2, 0.25) is 0 Å². The summed E-state index contributed by atoms with van der Waals surface area (Å²) in [5.41, 5.74) is 5.90. The van der Waals surface area contributed by atoms with E-state index < -0.39 is 0 Å². The van der Waals surface area contributed by atoms with Gasteiger partial charge in [0, 0.05) is 25.8 Å². The lowest BCUT2D eigenvalue weighted by atomic mass is 9.96. The molecule has 2 fully saturated rings. The summed E-state index contributed by atoms with van der Waals surface area (Å²) >= 11 is 0. The molecule has 0 spiro atoms. The summed E-state index contributed by atoms with van der Waals surface area (Å²) in [5.74, 6) is 0.594. The molecule has 5 nitrogen and oxygen atoms in total. The largest absolute Gasteiger partial charge is 0.379 e. The Balaban J connectivity index is 0.00000220. The summed E-state index contributed by atoms with van der Waals surface area (Å²) in [6.07, 6.45) is 9.96. The minimum absolute atomic E-state index is 0. The number of ether oxygens (including phenoxy) is 2. The normalized spacial score (nSPS) is 23.8. The monoisotopic (exact) mass is 411 g/mol. The Labute approximate surface area is 145 Å². The van der Waals surface area contributed by atoms with E-state index in [2.05, 4.69) is 10.3 Å². The van der Waals surface area contributed by atoms with Gasteiger partial charge in [-0.3, -0.25) is 4.99 Å². The molecule has 0 aromatic rings. The van der Waals surface area contributed by atoms with Gasteiger partial charge in [0.05, 0.1) is 12.7 Å². The summed E-state index contributed by atoms with van der Waals surface area (Å²) < 4.78 is 11.1. The summed E-state index contributed by atoms with van der Waals surface area (Å²) in [6.45, 7) is 3.08. The second kappa shape index (κ2) is 11.5. The molecule has 1 saturated heterocycles. The van der Waals surface area contributed by atoms with E-state index in [0.29, 0.717) is 18.1 Å². The van der Waals surface area contributed by atoms with Crippen LogP contribution in [0.15, 0.2) is 4.99 Å². The fourth-order valence-corrected chi connectivity index (χ4v) is 2.86. The van der Waals surface area contributed by atoms with Crippen LogP contribution in [-0.4, -0.2) is 44.5 Å². The maximum atomic E-state index is 5.90. The average Bonchev–Trinajstić information content (AvgIpc) is 2.97. The van der Waals surface area contributed by atoms with Gasteiger partial charge in [0.15, 0.2) is 5.96 Å². The number of hydrogen-bond acceptors (Lipinski definition) is 3. The lowest BCUT2D eigenvalue weighted by Crippen LogP contribution is -2.41. The molecule has 1 heterocycles. The number of nitrogens with two attached hydrogens (primary N) is 1. The van der Waals surface area contributed by atoms with Crippen molar-refractivity contribution in [2.45, 2.75) is 63.5 Å². The Morgan fingerprint density at radius 1 is 1.19 bits per heavy atom. The third-order valence-corrected chi connectivity index (χ3v) is 4.01. The van der Waals surface area contributed by atoms with Gasteiger partial charge < -0.3 is 20.5 Å². The highest BCUT2D eigenvalue weighted by Crippen LogP contribution is 2.17. The van der Waals surface area contributed by atoms with E-state index in [1.54, 1.807) is 0 Å². The number of nitrogens with one attached hydrogen (secondary N) is 1. The molecule has 124 valence electrons. The molecule has 0 aromatic heterocycles. The van der Waals surface area contributed by atoms with Crippen molar-refractivity contribution in [1.82, 2.24) is 5.32 Å². The van der Waals surface area contributed by atoms with Crippen LogP contribution in [-0.2, 0) is 9.47 Å². The van der Waals surface area contributed by atoms with Crippen LogP contribution in [0.4, 0.5) is 0 Å². The van der Waals surface area contributed by atoms with Crippen molar-refractivity contribution in [1.29, 1.82) is 0 Å². The summed E-state index contributed by atoms with van der Waals surface area (Å²) in [6, 6.07) is 0.531. The number of halogens is 1. The molecule has 3 N–H and O–H groups in total. The fraction of sp³-hybridized carbons (Fsp3) is 0.933. The van der Waals surface area contributed by atoms with E-state index in [-0.39, 0.29) is 24.0 Å². The minimum atomic E-state index is 0. The number of guanidine groups is 1. The molecule has 1 aliphatic heterocycles. The molecule has 1 unspecified atom stereocenters. The van der Waals surface area contributed by atoms with Gasteiger partial charge in [-0.25, -0.2) is 0 Å². The average molecular weight is 411 g/mol. The second-order valence-corrected chi connectivity index (χ2v) is 5.81. The first-order chi connectivity index (χ1) is 9.84. The topological polar surface area (TPSA) is 68.9 Å². The Bertz CT molecular complexity index is 291. The molecule has 21 heavy (non-hydrogen) atoms. The maximum Gasteiger partial charge on any atom is 0.188 e. The van der Waals surface area contributed by atoms with Crippen LogP contribution in [0.1, 0.15) is 51.4 Å². The van der Waals surface area contributed by atoms with Crippen molar-refractivity contribution in [2.24, 2.45) is 10.7 Å². The Kier molecular flexibility index (Phi) is 10.4. The highest BCUT2D eigenvalue weighted by Gasteiger charge is 2.15. The lowest BCUT2D eigenvalue weighted by Gasteiger charge is -2.23. The molecule has 2 rings (SSSR count). The van der Waals surface area contributed by atoms with E-state index in [4.69, 9.17) is 15.2 Å². The van der Waals surface area contributed by atoms with Gasteiger partial charge in [0.25, 0.3) is 0 Å². The van der Waals surface area contributed by atoms with Crippen LogP contribution in [0, 0.1) is 0 Å². The van der Waals surface area contributed by atoms with Crippen LogP contribution < -0.4 is 11.1 Å². The molecule has 0 amide bonds. The Hall–Kier alpha value is -0.0800. The molecule has 0 radical (unpaired) electrons. The lowest BCUT2D eigenvalue weighted by molar-refractivity contribution is 0.0171. The molecule has 6 heteroatoms. The molecular formula is C15H30IN3O2. The fourth-order valence-electron chi connectivity index (χ4n) is 2.86. The van der Waals surface area contributed by atoms with Crippen molar-refractivity contribution in [3.63, 3.8) is 0 Å². The molecular weight excluding hydrogens is 381 g/mol. The van der Waals surface area contributed by atoms with Crippen LogP contribution >= 0.6 is 24.0 Å². The highest BCUT2D eigenvalue weighted by atomic mass is 127. The first-order valence-electron chi connectivity index (χ1n) is 8.10. The van der Waals surface area contributed by atoms with Crippen molar-refractivity contribution < 1.29 is 9.47 Å². The van der Waals surface area contributed by atoms with Gasteiger partial charge in [-0.1, -0.05) is 19.3 Å². The van der Waals surface area contributed by atoms with E-state index in [9.17, 15) is 0 Å². The first-order valence-corrected chi connectivity index (χ1v) is 8.10. The van der Waals surface area contributed by atoms with Crippen molar-refractivity contribution in [2.75, 3.05) is 26.4 Å². The number of rotatable bonds is 7. The van der Waals surface area contributed by atoms with Crippen LogP contribution in [0.25, 0.3) is 0 Å². The predicted octanol–water partition coefficient (Wildman–Crippen LogP) is 2.43. The number of hydrogen-bond donors (Lipinski definition) is 2. The van der Waals surface area contributed by atoms with E-state index >= 15 is 0 Å². The van der Waals surface area contributed by atoms with Crippen molar-refractivity contribution >= 4 is 29.9 Å². The minimum Gasteiger partial charge on any atom is -0.379 e. The number of aliphatic imine (C=N–C) groups is 1. The SMILES string of the molecule is I.NC(=NCCCOCC1CCCO1)NC1CCCCC1. The predicted molar refractivity (Wildman–Crippen MR) is 96.3 cm³/mol. The highest BCUT2D eigenvalue weighted by molar-refractivity contribution is 14.0. The molecule has 1 aliphatic carbocycles. The Morgan fingerprint density at radius 2 is 2.00 bits per heavy atom. The first kappa shape index (κ1) is 19.0. The molecule has 0 aromatic carbocycles. The molecule has 2 aliphatic rings. The van der Waals surface area contributed by atoms with Gasteiger partial charge in [-0.2, -0.15) is 0 Å². The quantitative estimate of drug-likeness (QED) is 0.292. The van der Waals surface area contributed by atoms with Gasteiger partial charge in [-0.05, 0) is 32.1 Å². The Morgan fingerprint density at radius 3 is 2.71 bits per heavy atom. The van der Waals surface area contributed by atoms with Crippen LogP contribution in [0.2, 0.25) is 0 Å². The van der Waals surface area contributed by atoms with Gasteiger partial charge >= 0.3 is 0 Å². The van der Waals surface area contributed by atoms with E-state index in [1.807, 2.05) is 0 Å². The van der Waals surface area contributed by atoms with Gasteiger partial charge in [0.1, 0.15) is 0 Å². The van der Waals surface area contributed by atoms with Crippen LogP contribution in [0.3, 0.4) is 0 Å². The van der Waals surface area contributed by atoms with Crippen molar-refractivity contribution in [3.8, 4) is 0 Å². The zero-order valence-electron chi connectivity index (χ0n) is 12.9.